The van der Waals surface area contributed by atoms with Crippen LogP contribution in [0.3, 0.4) is 0 Å². The van der Waals surface area contributed by atoms with Crippen molar-refractivity contribution in [2.24, 2.45) is 7.05 Å². The van der Waals surface area contributed by atoms with Gasteiger partial charge in [-0.25, -0.2) is 0 Å². The van der Waals surface area contributed by atoms with E-state index in [4.69, 9.17) is 0 Å². The van der Waals surface area contributed by atoms with Gasteiger partial charge >= 0.3 is 0 Å². The number of aromatic nitrogens is 2. The van der Waals surface area contributed by atoms with E-state index < -0.39 is 0 Å². The third-order valence-electron chi connectivity index (χ3n) is 7.42. The zero-order valence-corrected chi connectivity index (χ0v) is 21.0. The maximum Gasteiger partial charge on any atom is 0.0491 e. The van der Waals surface area contributed by atoms with Crippen LogP contribution in [0.4, 0.5) is 0 Å². The molecule has 2 aromatic heterocycles. The Hall–Kier alpha value is -4.30. The summed E-state index contributed by atoms with van der Waals surface area (Å²) in [6.07, 6.45) is 0.927. The van der Waals surface area contributed by atoms with E-state index in [9.17, 15) is 0 Å². The van der Waals surface area contributed by atoms with Gasteiger partial charge in [0.15, 0.2) is 0 Å². The second-order valence-corrected chi connectivity index (χ2v) is 9.70. The van der Waals surface area contributed by atoms with E-state index in [2.05, 4.69) is 140 Å². The normalized spacial score (nSPS) is 11.3. The quantitative estimate of drug-likeness (QED) is 0.263. The Morgan fingerprint density at radius 1 is 0.583 bits per heavy atom. The number of H-pyrrole nitrogens is 1. The van der Waals surface area contributed by atoms with E-state index in [1.54, 1.807) is 0 Å². The molecule has 0 aliphatic rings. The molecular weight excluding hydrogens is 436 g/mol. The maximum atomic E-state index is 3.56. The number of para-hydroxylation sites is 2. The fraction of sp³-hybridized carbons (Fsp3) is 0.118. The SMILES string of the molecule is Cc1ccccc1C.Cn1c2ccccc2c2ccc(Cc3cccc4[nH]c5ccccc5c34)cc21. The first-order valence-corrected chi connectivity index (χ1v) is 12.6. The van der Waals surface area contributed by atoms with Gasteiger partial charge in [-0.05, 0) is 66.8 Å². The molecule has 2 heteroatoms. The number of hydrogen-bond donors (Lipinski definition) is 1. The summed E-state index contributed by atoms with van der Waals surface area (Å²) in [6, 6.07) is 39.1. The number of fused-ring (bicyclic) bond motifs is 6. The molecule has 0 unspecified atom stereocenters. The van der Waals surface area contributed by atoms with E-state index in [1.165, 1.54) is 65.9 Å². The second kappa shape index (κ2) is 9.05. The summed E-state index contributed by atoms with van der Waals surface area (Å²) in [4.78, 5) is 3.56. The molecule has 0 fully saturated rings. The summed E-state index contributed by atoms with van der Waals surface area (Å²) in [5, 5.41) is 5.30. The molecule has 0 atom stereocenters. The van der Waals surface area contributed by atoms with Crippen LogP contribution < -0.4 is 0 Å². The van der Waals surface area contributed by atoms with Gasteiger partial charge < -0.3 is 9.55 Å². The number of rotatable bonds is 2. The molecule has 0 bridgehead atoms. The molecular formula is C34H30N2. The van der Waals surface area contributed by atoms with Crippen LogP contribution >= 0.6 is 0 Å². The minimum atomic E-state index is 0.927. The van der Waals surface area contributed by atoms with Crippen LogP contribution in [0.1, 0.15) is 22.3 Å². The average Bonchev–Trinajstić information content (AvgIpc) is 3.42. The molecule has 0 amide bonds. The standard InChI is InChI=1S/C26H20N2.C8H10/c1-28-24-12-5-3-8-19(24)20-14-13-17(16-25(20)28)15-18-7-6-11-23-26(18)21-9-2-4-10-22(21)27-23;1-7-5-3-4-6-8(7)2/h2-14,16,27H,15H2,1H3;3-6H,1-2H3. The van der Waals surface area contributed by atoms with Crippen LogP contribution in [0.2, 0.25) is 0 Å². The van der Waals surface area contributed by atoms with Crippen LogP contribution in [0, 0.1) is 13.8 Å². The molecule has 0 spiro atoms. The van der Waals surface area contributed by atoms with E-state index in [0.29, 0.717) is 0 Å². The van der Waals surface area contributed by atoms with E-state index in [0.717, 1.165) is 6.42 Å². The minimum absolute atomic E-state index is 0.927. The third-order valence-corrected chi connectivity index (χ3v) is 7.42. The summed E-state index contributed by atoms with van der Waals surface area (Å²) in [6.45, 7) is 4.24. The third kappa shape index (κ3) is 3.85. The molecule has 5 aromatic carbocycles. The van der Waals surface area contributed by atoms with Crippen molar-refractivity contribution in [2.45, 2.75) is 20.3 Å². The highest BCUT2D eigenvalue weighted by atomic mass is 14.9. The Bertz CT molecular complexity index is 1830. The molecule has 0 radical (unpaired) electrons. The summed E-state index contributed by atoms with van der Waals surface area (Å²) in [5.41, 5.74) is 10.4. The highest BCUT2D eigenvalue weighted by Crippen LogP contribution is 2.32. The molecule has 1 N–H and O–H groups in total. The van der Waals surface area contributed by atoms with Crippen molar-refractivity contribution in [2.75, 3.05) is 0 Å². The molecule has 0 aliphatic carbocycles. The number of hydrogen-bond acceptors (Lipinski definition) is 0. The molecule has 0 saturated carbocycles. The molecule has 0 aliphatic heterocycles. The minimum Gasteiger partial charge on any atom is -0.355 e. The summed E-state index contributed by atoms with van der Waals surface area (Å²) in [7, 11) is 2.16. The van der Waals surface area contributed by atoms with Gasteiger partial charge in [0, 0.05) is 50.7 Å². The van der Waals surface area contributed by atoms with Gasteiger partial charge in [0.1, 0.15) is 0 Å². The first kappa shape index (κ1) is 22.2. The molecule has 176 valence electrons. The predicted molar refractivity (Wildman–Crippen MR) is 155 cm³/mol. The van der Waals surface area contributed by atoms with Gasteiger partial charge in [0.2, 0.25) is 0 Å². The summed E-state index contributed by atoms with van der Waals surface area (Å²) < 4.78 is 2.31. The number of nitrogens with one attached hydrogen (secondary N) is 1. The van der Waals surface area contributed by atoms with E-state index in [-0.39, 0.29) is 0 Å². The Morgan fingerprint density at radius 2 is 1.22 bits per heavy atom. The van der Waals surface area contributed by atoms with Gasteiger partial charge in [-0.1, -0.05) is 84.9 Å². The number of aryl methyl sites for hydroxylation is 3. The van der Waals surface area contributed by atoms with Gasteiger partial charge in [-0.15, -0.1) is 0 Å². The molecule has 0 saturated heterocycles. The highest BCUT2D eigenvalue weighted by Gasteiger charge is 2.11. The van der Waals surface area contributed by atoms with Crippen molar-refractivity contribution in [3.05, 3.63) is 131 Å². The van der Waals surface area contributed by atoms with E-state index >= 15 is 0 Å². The highest BCUT2D eigenvalue weighted by molar-refractivity contribution is 6.09. The van der Waals surface area contributed by atoms with Crippen molar-refractivity contribution in [1.29, 1.82) is 0 Å². The predicted octanol–water partition coefficient (Wildman–Crippen LogP) is 8.86. The van der Waals surface area contributed by atoms with Gasteiger partial charge in [-0.3, -0.25) is 0 Å². The van der Waals surface area contributed by atoms with Crippen molar-refractivity contribution in [1.82, 2.24) is 9.55 Å². The van der Waals surface area contributed by atoms with Crippen molar-refractivity contribution >= 4 is 43.6 Å². The Labute approximate surface area is 211 Å². The summed E-state index contributed by atoms with van der Waals surface area (Å²) >= 11 is 0. The van der Waals surface area contributed by atoms with Crippen LogP contribution in [-0.4, -0.2) is 9.55 Å². The van der Waals surface area contributed by atoms with Crippen LogP contribution in [0.15, 0.2) is 109 Å². The number of nitrogens with zero attached hydrogens (tertiary/aromatic N) is 1. The van der Waals surface area contributed by atoms with Crippen LogP contribution in [-0.2, 0) is 13.5 Å². The molecule has 36 heavy (non-hydrogen) atoms. The fourth-order valence-corrected chi connectivity index (χ4v) is 5.32. The molecule has 7 rings (SSSR count). The Balaban J connectivity index is 0.000000258. The average molecular weight is 467 g/mol. The lowest BCUT2D eigenvalue weighted by molar-refractivity contribution is 1.01. The summed E-state index contributed by atoms with van der Waals surface area (Å²) in [5.74, 6) is 0. The van der Waals surface area contributed by atoms with Crippen molar-refractivity contribution in [3.63, 3.8) is 0 Å². The lowest BCUT2D eigenvalue weighted by Gasteiger charge is -2.06. The second-order valence-electron chi connectivity index (χ2n) is 9.70. The fourth-order valence-electron chi connectivity index (χ4n) is 5.32. The maximum absolute atomic E-state index is 3.56. The zero-order valence-electron chi connectivity index (χ0n) is 21.0. The largest absolute Gasteiger partial charge is 0.355 e. The number of benzene rings is 5. The first-order valence-electron chi connectivity index (χ1n) is 12.6. The Kier molecular flexibility index (Phi) is 5.58. The first-order chi connectivity index (χ1) is 17.6. The number of aromatic amines is 1. The van der Waals surface area contributed by atoms with Gasteiger partial charge in [0.05, 0.1) is 0 Å². The van der Waals surface area contributed by atoms with E-state index in [1.807, 2.05) is 0 Å². The molecule has 2 heterocycles. The van der Waals surface area contributed by atoms with Gasteiger partial charge in [0.25, 0.3) is 0 Å². The lowest BCUT2D eigenvalue weighted by Crippen LogP contribution is -1.91. The monoisotopic (exact) mass is 466 g/mol. The van der Waals surface area contributed by atoms with Crippen LogP contribution in [0.5, 0.6) is 0 Å². The van der Waals surface area contributed by atoms with Crippen molar-refractivity contribution < 1.29 is 0 Å². The smallest absolute Gasteiger partial charge is 0.0491 e. The molecule has 7 aromatic rings. The Morgan fingerprint density at radius 3 is 2.00 bits per heavy atom. The van der Waals surface area contributed by atoms with Crippen LogP contribution in [0.25, 0.3) is 43.6 Å². The molecule has 2 nitrogen and oxygen atoms in total. The lowest BCUT2D eigenvalue weighted by atomic mass is 9.98. The van der Waals surface area contributed by atoms with Crippen molar-refractivity contribution in [3.8, 4) is 0 Å². The zero-order chi connectivity index (χ0) is 24.6. The van der Waals surface area contributed by atoms with Gasteiger partial charge in [-0.2, -0.15) is 0 Å². The topological polar surface area (TPSA) is 20.7 Å².